The zero-order chi connectivity index (χ0) is 17.6. The molecular formula is C16H20N6O3. The number of nitro benzene ring substituents is 1. The molecule has 0 aliphatic carbocycles. The summed E-state index contributed by atoms with van der Waals surface area (Å²) < 4.78 is 1.84. The van der Waals surface area contributed by atoms with Crippen LogP contribution in [0.1, 0.15) is 24.4 Å². The number of nitro groups is 1. The summed E-state index contributed by atoms with van der Waals surface area (Å²) in [5.41, 5.74) is 0.711. The van der Waals surface area contributed by atoms with Gasteiger partial charge >= 0.3 is 6.03 Å². The zero-order valence-electron chi connectivity index (χ0n) is 13.7. The molecule has 1 aliphatic rings. The van der Waals surface area contributed by atoms with Gasteiger partial charge in [0.15, 0.2) is 0 Å². The lowest BCUT2D eigenvalue weighted by Gasteiger charge is -2.31. The quantitative estimate of drug-likeness (QED) is 0.657. The zero-order valence-corrected chi connectivity index (χ0v) is 13.7. The van der Waals surface area contributed by atoms with Crippen LogP contribution in [0.2, 0.25) is 0 Å². The molecule has 2 heterocycles. The van der Waals surface area contributed by atoms with Crippen molar-refractivity contribution < 1.29 is 9.72 Å². The first-order valence-corrected chi connectivity index (χ1v) is 8.24. The van der Waals surface area contributed by atoms with Crippen LogP contribution in [-0.2, 0) is 6.42 Å². The van der Waals surface area contributed by atoms with Crippen LogP contribution in [0, 0.1) is 10.1 Å². The molecule has 1 aromatic carbocycles. The van der Waals surface area contributed by atoms with Gasteiger partial charge in [-0.25, -0.2) is 14.5 Å². The second-order valence-corrected chi connectivity index (χ2v) is 5.96. The monoisotopic (exact) mass is 344 g/mol. The lowest BCUT2D eigenvalue weighted by atomic mass is 10.1. The number of carbonyl (C=O) groups is 1. The molecule has 2 amide bonds. The number of nitrogens with one attached hydrogen (secondary N) is 1. The standard InChI is InChI=1S/C16H20N6O3/c23-16(18-8-5-13-3-1-2-4-15(13)22(24)25)20-9-6-14(7-10-20)21-12-17-11-19-21/h1-4,11-12,14H,5-10H2,(H,18,23). The molecule has 0 atom stereocenters. The molecule has 9 nitrogen and oxygen atoms in total. The first kappa shape index (κ1) is 16.9. The number of aromatic nitrogens is 3. The lowest BCUT2D eigenvalue weighted by molar-refractivity contribution is -0.385. The minimum Gasteiger partial charge on any atom is -0.338 e. The predicted molar refractivity (Wildman–Crippen MR) is 90.1 cm³/mol. The van der Waals surface area contributed by atoms with Crippen LogP contribution < -0.4 is 5.32 Å². The lowest BCUT2D eigenvalue weighted by Crippen LogP contribution is -2.45. The second-order valence-electron chi connectivity index (χ2n) is 5.96. The van der Waals surface area contributed by atoms with Gasteiger partial charge in [-0.3, -0.25) is 10.1 Å². The van der Waals surface area contributed by atoms with Gasteiger partial charge in [-0.05, 0) is 19.3 Å². The molecular weight excluding hydrogens is 324 g/mol. The molecule has 1 aliphatic heterocycles. The molecule has 1 aromatic heterocycles. The van der Waals surface area contributed by atoms with Crippen molar-refractivity contribution in [3.8, 4) is 0 Å². The highest BCUT2D eigenvalue weighted by atomic mass is 16.6. The van der Waals surface area contributed by atoms with Crippen molar-refractivity contribution in [1.82, 2.24) is 25.0 Å². The van der Waals surface area contributed by atoms with Crippen LogP contribution in [0.15, 0.2) is 36.9 Å². The van der Waals surface area contributed by atoms with Gasteiger partial charge in [0.05, 0.1) is 11.0 Å². The minimum atomic E-state index is -0.397. The van der Waals surface area contributed by atoms with Gasteiger partial charge < -0.3 is 10.2 Å². The van der Waals surface area contributed by atoms with Crippen molar-refractivity contribution >= 4 is 11.7 Å². The smallest absolute Gasteiger partial charge is 0.317 e. The second kappa shape index (κ2) is 7.73. The number of amides is 2. The third-order valence-corrected chi connectivity index (χ3v) is 4.42. The molecule has 0 saturated carbocycles. The number of urea groups is 1. The van der Waals surface area contributed by atoms with Crippen LogP contribution in [0.25, 0.3) is 0 Å². The topological polar surface area (TPSA) is 106 Å². The maximum absolute atomic E-state index is 12.2. The highest BCUT2D eigenvalue weighted by Gasteiger charge is 2.24. The average Bonchev–Trinajstić information content (AvgIpc) is 3.17. The van der Waals surface area contributed by atoms with E-state index >= 15 is 0 Å². The normalized spacial score (nSPS) is 15.1. The van der Waals surface area contributed by atoms with Gasteiger partial charge in [-0.1, -0.05) is 18.2 Å². The Labute approximate surface area is 144 Å². The number of likely N-dealkylation sites (tertiary alicyclic amines) is 1. The third-order valence-electron chi connectivity index (χ3n) is 4.42. The van der Waals surface area contributed by atoms with Crippen molar-refractivity contribution in [2.24, 2.45) is 0 Å². The minimum absolute atomic E-state index is 0.0883. The fourth-order valence-electron chi connectivity index (χ4n) is 3.06. The SMILES string of the molecule is O=C(NCCc1ccccc1[N+](=O)[O-])N1CCC(n2cncn2)CC1. The number of benzene rings is 1. The summed E-state index contributed by atoms with van der Waals surface area (Å²) in [5.74, 6) is 0. The molecule has 2 aromatic rings. The van der Waals surface area contributed by atoms with E-state index in [9.17, 15) is 14.9 Å². The number of piperidine rings is 1. The van der Waals surface area contributed by atoms with Crippen LogP contribution >= 0.6 is 0 Å². The van der Waals surface area contributed by atoms with Crippen LogP contribution in [0.5, 0.6) is 0 Å². The molecule has 3 rings (SSSR count). The Bertz CT molecular complexity index is 725. The van der Waals surface area contributed by atoms with Crippen molar-refractivity contribution in [2.45, 2.75) is 25.3 Å². The number of hydrogen-bond donors (Lipinski definition) is 1. The molecule has 9 heteroatoms. The van der Waals surface area contributed by atoms with Crippen LogP contribution in [0.3, 0.4) is 0 Å². The molecule has 25 heavy (non-hydrogen) atoms. The Hall–Kier alpha value is -2.97. The Morgan fingerprint density at radius 3 is 2.76 bits per heavy atom. The summed E-state index contributed by atoms with van der Waals surface area (Å²) in [5, 5.41) is 18.0. The predicted octanol–water partition coefficient (Wildman–Crippen LogP) is 1.78. The van der Waals surface area contributed by atoms with Crippen molar-refractivity contribution in [3.63, 3.8) is 0 Å². The van der Waals surface area contributed by atoms with E-state index in [-0.39, 0.29) is 17.8 Å². The highest BCUT2D eigenvalue weighted by molar-refractivity contribution is 5.74. The third kappa shape index (κ3) is 4.11. The maximum atomic E-state index is 12.2. The molecule has 1 N–H and O–H groups in total. The van der Waals surface area contributed by atoms with Gasteiger partial charge in [0, 0.05) is 31.3 Å². The Kier molecular flexibility index (Phi) is 5.22. The molecule has 0 bridgehead atoms. The summed E-state index contributed by atoms with van der Waals surface area (Å²) in [6.45, 7) is 1.68. The first-order chi connectivity index (χ1) is 12.1. The van der Waals surface area contributed by atoms with Crippen molar-refractivity contribution in [2.75, 3.05) is 19.6 Å². The van der Waals surface area contributed by atoms with Crippen molar-refractivity contribution in [1.29, 1.82) is 0 Å². The van der Waals surface area contributed by atoms with Crippen molar-refractivity contribution in [3.05, 3.63) is 52.6 Å². The Balaban J connectivity index is 1.45. The van der Waals surface area contributed by atoms with Gasteiger partial charge in [0.2, 0.25) is 0 Å². The Morgan fingerprint density at radius 1 is 1.32 bits per heavy atom. The number of para-hydroxylation sites is 1. The fraction of sp³-hybridized carbons (Fsp3) is 0.438. The summed E-state index contributed by atoms with van der Waals surface area (Å²) in [6, 6.07) is 6.74. The molecule has 132 valence electrons. The molecule has 0 radical (unpaired) electrons. The number of nitrogens with zero attached hydrogens (tertiary/aromatic N) is 5. The Morgan fingerprint density at radius 2 is 2.08 bits per heavy atom. The summed E-state index contributed by atoms with van der Waals surface area (Å²) in [6.07, 6.45) is 5.31. The van der Waals surface area contributed by atoms with E-state index in [1.807, 2.05) is 4.68 Å². The van der Waals surface area contributed by atoms with E-state index in [0.29, 0.717) is 31.6 Å². The molecule has 1 fully saturated rings. The van der Waals surface area contributed by atoms with Gasteiger partial charge in [0.25, 0.3) is 5.69 Å². The van der Waals surface area contributed by atoms with E-state index < -0.39 is 4.92 Å². The van der Waals surface area contributed by atoms with E-state index in [2.05, 4.69) is 15.4 Å². The van der Waals surface area contributed by atoms with E-state index in [1.54, 1.807) is 29.4 Å². The summed E-state index contributed by atoms with van der Waals surface area (Å²) in [4.78, 5) is 28.6. The van der Waals surface area contributed by atoms with Gasteiger partial charge in [0.1, 0.15) is 12.7 Å². The largest absolute Gasteiger partial charge is 0.338 e. The summed E-state index contributed by atoms with van der Waals surface area (Å²) >= 11 is 0. The fourth-order valence-corrected chi connectivity index (χ4v) is 3.06. The van der Waals surface area contributed by atoms with Gasteiger partial charge in [-0.2, -0.15) is 5.10 Å². The molecule has 1 saturated heterocycles. The van der Waals surface area contributed by atoms with E-state index in [4.69, 9.17) is 0 Å². The van der Waals surface area contributed by atoms with E-state index in [1.165, 1.54) is 12.4 Å². The highest BCUT2D eigenvalue weighted by Crippen LogP contribution is 2.21. The van der Waals surface area contributed by atoms with E-state index in [0.717, 1.165) is 12.8 Å². The number of rotatable bonds is 5. The molecule has 0 unspecified atom stereocenters. The van der Waals surface area contributed by atoms with Crippen LogP contribution in [-0.4, -0.2) is 50.3 Å². The van der Waals surface area contributed by atoms with Gasteiger partial charge in [-0.15, -0.1) is 0 Å². The first-order valence-electron chi connectivity index (χ1n) is 8.24. The summed E-state index contributed by atoms with van der Waals surface area (Å²) in [7, 11) is 0. The average molecular weight is 344 g/mol. The maximum Gasteiger partial charge on any atom is 0.317 e. The number of carbonyl (C=O) groups excluding carboxylic acids is 1. The van der Waals surface area contributed by atoms with Crippen LogP contribution in [0.4, 0.5) is 10.5 Å². The molecule has 0 spiro atoms. The number of hydrogen-bond acceptors (Lipinski definition) is 5.